The third-order valence-electron chi connectivity index (χ3n) is 9.71. The molecule has 0 amide bonds. The Bertz CT molecular complexity index is 2190. The average Bonchev–Trinajstić information content (AvgIpc) is 3.15. The van der Waals surface area contributed by atoms with Crippen molar-refractivity contribution in [1.29, 1.82) is 0 Å². The number of hydrogen-bond donors (Lipinski definition) is 0. The van der Waals surface area contributed by atoms with Crippen LogP contribution >= 0.6 is 15.8 Å². The third kappa shape index (κ3) is 8.56. The summed E-state index contributed by atoms with van der Waals surface area (Å²) in [5.74, 6) is 0. The van der Waals surface area contributed by atoms with Crippen molar-refractivity contribution in [1.82, 2.24) is 0 Å². The van der Waals surface area contributed by atoms with Crippen molar-refractivity contribution in [3.8, 4) is 11.1 Å². The van der Waals surface area contributed by atoms with Crippen LogP contribution < -0.4 is 79.8 Å². The molecule has 0 N–H and O–H groups in total. The van der Waals surface area contributed by atoms with Gasteiger partial charge >= 0.3 is 19.5 Å². The topological polar surface area (TPSA) is 0 Å². The number of benzene rings is 8. The van der Waals surface area contributed by atoms with E-state index in [9.17, 15) is 0 Å². The predicted octanol–water partition coefficient (Wildman–Crippen LogP) is 4.42. The van der Waals surface area contributed by atoms with Crippen LogP contribution in [0.15, 0.2) is 170 Å². The summed E-state index contributed by atoms with van der Waals surface area (Å²) in [6.07, 6.45) is 0. The summed E-state index contributed by atoms with van der Waals surface area (Å²) in [6, 6.07) is 64.6. The third-order valence-corrected chi connectivity index (χ3v) is 14.7. The quantitative estimate of drug-likeness (QED) is 0.126. The Balaban J connectivity index is 0.00000180. The molecule has 0 fully saturated rings. The fourth-order valence-corrected chi connectivity index (χ4v) is 11.9. The Morgan fingerprint density at radius 2 is 0.566 bits per heavy atom. The molecule has 53 heavy (non-hydrogen) atoms. The maximum atomic E-state index is 2.44. The molecular weight excluding hydrogens is 993 g/mol. The molecule has 8 rings (SSSR count). The first-order chi connectivity index (χ1) is 24.4. The van der Waals surface area contributed by atoms with Gasteiger partial charge in [0.2, 0.25) is 0 Å². The molecule has 0 bridgehead atoms. The van der Waals surface area contributed by atoms with Gasteiger partial charge in [0.05, 0.1) is 0 Å². The number of rotatable bonds is 7. The van der Waals surface area contributed by atoms with Crippen molar-refractivity contribution in [2.75, 3.05) is 0 Å². The predicted molar refractivity (Wildman–Crippen MR) is 223 cm³/mol. The van der Waals surface area contributed by atoms with Gasteiger partial charge in [0.25, 0.3) is 0 Å². The number of halogens is 2. The molecule has 0 nitrogen and oxygen atoms in total. The van der Waals surface area contributed by atoms with E-state index in [1.807, 2.05) is 0 Å². The van der Waals surface area contributed by atoms with Gasteiger partial charge in [0.1, 0.15) is 0 Å². The van der Waals surface area contributed by atoms with E-state index in [0.717, 1.165) is 0 Å². The van der Waals surface area contributed by atoms with Crippen molar-refractivity contribution in [3.63, 3.8) is 0 Å². The van der Waals surface area contributed by atoms with Crippen LogP contribution in [0, 0.1) is 27.7 Å². The second-order valence-corrected chi connectivity index (χ2v) is 17.7. The summed E-state index contributed by atoms with van der Waals surface area (Å²) in [4.78, 5) is 0. The van der Waals surface area contributed by atoms with Crippen LogP contribution in [-0.2, 0) is 19.5 Å². The van der Waals surface area contributed by atoms with Gasteiger partial charge in [-0.3, -0.25) is 0 Å². The first-order valence-electron chi connectivity index (χ1n) is 17.4. The largest absolute Gasteiger partial charge is 2.00 e. The molecular formula is C48H40I2P2Ru. The minimum Gasteiger partial charge on any atom is -1.00 e. The Morgan fingerprint density at radius 3 is 0.849 bits per heavy atom. The molecule has 0 spiro atoms. The second kappa shape index (κ2) is 18.2. The molecule has 0 saturated carbocycles. The van der Waals surface area contributed by atoms with Crippen LogP contribution in [0.3, 0.4) is 0 Å². The van der Waals surface area contributed by atoms with Crippen molar-refractivity contribution < 1.29 is 67.4 Å². The molecule has 0 unspecified atom stereocenters. The SMILES string of the molecule is Cc1ccc(P(c2ccc(C)cc2)c2ccc3ccccc3c2-c2c(P(c3ccc(C)cc3)c3ccc(C)cc3)ccc3ccccc23)cc1.[I-].[I-].[Ru+2]. The summed E-state index contributed by atoms with van der Waals surface area (Å²) in [5.41, 5.74) is 7.84. The molecule has 0 heterocycles. The van der Waals surface area contributed by atoms with Crippen LogP contribution in [0.4, 0.5) is 0 Å². The average molecular weight is 1030 g/mol. The molecule has 264 valence electrons. The van der Waals surface area contributed by atoms with E-state index in [0.29, 0.717) is 0 Å². The molecule has 0 aromatic heterocycles. The fourth-order valence-electron chi connectivity index (χ4n) is 7.05. The molecule has 0 atom stereocenters. The molecule has 0 aliphatic rings. The first kappa shape index (κ1) is 41.4. The number of aryl methyl sites for hydroxylation is 4. The van der Waals surface area contributed by atoms with Gasteiger partial charge in [-0.1, -0.05) is 192 Å². The summed E-state index contributed by atoms with van der Waals surface area (Å²) in [5, 5.41) is 13.4. The summed E-state index contributed by atoms with van der Waals surface area (Å²) in [6.45, 7) is 8.72. The first-order valence-corrected chi connectivity index (χ1v) is 20.0. The summed E-state index contributed by atoms with van der Waals surface area (Å²) >= 11 is 0. The van der Waals surface area contributed by atoms with E-state index >= 15 is 0 Å². The molecule has 0 aliphatic heterocycles. The smallest absolute Gasteiger partial charge is 1.00 e. The maximum absolute atomic E-state index is 2.44. The zero-order chi connectivity index (χ0) is 34.2. The van der Waals surface area contributed by atoms with E-state index in [-0.39, 0.29) is 67.4 Å². The van der Waals surface area contributed by atoms with Gasteiger partial charge in [-0.15, -0.1) is 0 Å². The van der Waals surface area contributed by atoms with Crippen LogP contribution in [0.25, 0.3) is 32.7 Å². The second-order valence-electron chi connectivity index (χ2n) is 13.4. The van der Waals surface area contributed by atoms with E-state index in [1.165, 1.54) is 86.8 Å². The van der Waals surface area contributed by atoms with Crippen molar-refractivity contribution in [3.05, 3.63) is 192 Å². The maximum Gasteiger partial charge on any atom is 2.00 e. The van der Waals surface area contributed by atoms with Crippen molar-refractivity contribution in [2.45, 2.75) is 27.7 Å². The van der Waals surface area contributed by atoms with E-state index in [2.05, 4.69) is 198 Å². The van der Waals surface area contributed by atoms with Gasteiger partial charge in [-0.25, -0.2) is 0 Å². The molecule has 8 aromatic rings. The number of fused-ring (bicyclic) bond motifs is 2. The van der Waals surface area contributed by atoms with Gasteiger partial charge in [0, 0.05) is 0 Å². The van der Waals surface area contributed by atoms with Crippen LogP contribution in [0.2, 0.25) is 0 Å². The Kier molecular flexibility index (Phi) is 14.2. The van der Waals surface area contributed by atoms with Crippen molar-refractivity contribution in [2.24, 2.45) is 0 Å². The summed E-state index contributed by atoms with van der Waals surface area (Å²) in [7, 11) is -1.77. The van der Waals surface area contributed by atoms with Gasteiger partial charge in [0.15, 0.2) is 0 Å². The minimum atomic E-state index is -0.885. The van der Waals surface area contributed by atoms with E-state index in [1.54, 1.807) is 0 Å². The zero-order valence-electron chi connectivity index (χ0n) is 30.2. The minimum absolute atomic E-state index is 0. The van der Waals surface area contributed by atoms with Gasteiger partial charge in [-0.05, 0) is 108 Å². The van der Waals surface area contributed by atoms with E-state index < -0.39 is 15.8 Å². The Morgan fingerprint density at radius 1 is 0.302 bits per heavy atom. The normalized spacial score (nSPS) is 10.9. The Hall–Kier alpha value is -2.78. The Labute approximate surface area is 364 Å². The number of hydrogen-bond acceptors (Lipinski definition) is 0. The monoisotopic (exact) mass is 1030 g/mol. The fraction of sp³-hybridized carbons (Fsp3) is 0.0833. The van der Waals surface area contributed by atoms with Crippen LogP contribution in [-0.4, -0.2) is 0 Å². The van der Waals surface area contributed by atoms with Gasteiger partial charge < -0.3 is 48.0 Å². The summed E-state index contributed by atoms with van der Waals surface area (Å²) < 4.78 is 0. The van der Waals surface area contributed by atoms with Gasteiger partial charge in [-0.2, -0.15) is 0 Å². The van der Waals surface area contributed by atoms with E-state index in [4.69, 9.17) is 0 Å². The standard InChI is InChI=1S/C48H40P2.2HI.Ru/c1-33-13-23-39(24-14-33)49(40-25-15-34(2)16-26-40)45-31-21-37-9-5-7-11-43(37)47(45)48-44-12-8-6-10-38(44)22-32-46(48)50(41-27-17-35(3)18-28-41)42-29-19-36(4)20-30-42;;;/h5-32H,1-4H3;2*1H;/q;;;+2/p-2. The zero-order valence-corrected chi connectivity index (χ0v) is 38.0. The van der Waals surface area contributed by atoms with Crippen molar-refractivity contribution >= 4 is 69.2 Å². The molecule has 5 heteroatoms. The molecule has 0 saturated heterocycles. The molecule has 0 aliphatic carbocycles. The van der Waals surface area contributed by atoms with Crippen LogP contribution in [0.5, 0.6) is 0 Å². The molecule has 8 aromatic carbocycles. The molecule has 0 radical (unpaired) electrons. The van der Waals surface area contributed by atoms with Crippen LogP contribution in [0.1, 0.15) is 22.3 Å².